The van der Waals surface area contributed by atoms with Crippen LogP contribution in [0.5, 0.6) is 5.75 Å². The molecule has 0 fully saturated rings. The van der Waals surface area contributed by atoms with Gasteiger partial charge in [-0.2, -0.15) is 24.2 Å². The van der Waals surface area contributed by atoms with Crippen LogP contribution in [0.2, 0.25) is 0 Å². The SMILES string of the molecule is CCc1cccc(C#N)c1Cn1nc(C)c2ccc(C(F)(F)/C(=N/N)N(N)Cc3ccc(OC)cc3)cc21. The average Bonchev–Trinajstić information content (AvgIpc) is 3.23. The van der Waals surface area contributed by atoms with E-state index in [4.69, 9.17) is 16.4 Å². The molecule has 38 heavy (non-hydrogen) atoms. The molecule has 0 atom stereocenters. The highest BCUT2D eigenvalue weighted by molar-refractivity contribution is 5.91. The molecule has 0 radical (unpaired) electrons. The van der Waals surface area contributed by atoms with Gasteiger partial charge in [-0.25, -0.2) is 5.84 Å². The van der Waals surface area contributed by atoms with Crippen molar-refractivity contribution in [3.63, 3.8) is 0 Å². The van der Waals surface area contributed by atoms with Gasteiger partial charge in [0.15, 0.2) is 0 Å². The zero-order valence-electron chi connectivity index (χ0n) is 21.4. The minimum Gasteiger partial charge on any atom is -0.497 e. The van der Waals surface area contributed by atoms with E-state index < -0.39 is 11.8 Å². The molecule has 3 aromatic carbocycles. The molecule has 0 aliphatic rings. The lowest BCUT2D eigenvalue weighted by molar-refractivity contribution is 0.0584. The van der Waals surface area contributed by atoms with Crippen LogP contribution in [0.25, 0.3) is 10.9 Å². The van der Waals surface area contributed by atoms with Gasteiger partial charge in [-0.1, -0.05) is 43.3 Å². The van der Waals surface area contributed by atoms with Crippen molar-refractivity contribution in [1.29, 1.82) is 5.26 Å². The van der Waals surface area contributed by atoms with Crippen LogP contribution in [0.15, 0.2) is 65.8 Å². The highest BCUT2D eigenvalue weighted by Crippen LogP contribution is 2.34. The summed E-state index contributed by atoms with van der Waals surface area (Å²) in [5.41, 5.74) is 3.89. The number of aromatic nitrogens is 2. The topological polar surface area (TPSA) is 118 Å². The van der Waals surface area contributed by atoms with E-state index in [9.17, 15) is 5.26 Å². The minimum absolute atomic E-state index is 0.0420. The number of benzene rings is 3. The van der Waals surface area contributed by atoms with Crippen molar-refractivity contribution >= 4 is 16.7 Å². The van der Waals surface area contributed by atoms with Gasteiger partial charge >= 0.3 is 5.92 Å². The largest absolute Gasteiger partial charge is 0.497 e. The summed E-state index contributed by atoms with van der Waals surface area (Å²) in [6.45, 7) is 4.05. The number of aryl methyl sites for hydroxylation is 2. The van der Waals surface area contributed by atoms with Crippen molar-refractivity contribution in [2.24, 2.45) is 16.8 Å². The third-order valence-corrected chi connectivity index (χ3v) is 6.57. The summed E-state index contributed by atoms with van der Waals surface area (Å²) in [5, 5.41) is 19.2. The number of amidine groups is 1. The summed E-state index contributed by atoms with van der Waals surface area (Å²) in [5.74, 6) is 7.73. The second-order valence-corrected chi connectivity index (χ2v) is 8.89. The second kappa shape index (κ2) is 10.9. The van der Waals surface area contributed by atoms with Gasteiger partial charge in [0.25, 0.3) is 0 Å². The first-order valence-corrected chi connectivity index (χ1v) is 12.0. The van der Waals surface area contributed by atoms with Crippen LogP contribution in [0, 0.1) is 18.3 Å². The molecule has 4 N–H and O–H groups in total. The maximum Gasteiger partial charge on any atom is 0.332 e. The molecular formula is C28H29F2N7O. The number of nitrogens with two attached hydrogens (primary N) is 2. The molecular weight excluding hydrogens is 488 g/mol. The smallest absolute Gasteiger partial charge is 0.332 e. The van der Waals surface area contributed by atoms with E-state index in [1.807, 2.05) is 26.0 Å². The van der Waals surface area contributed by atoms with E-state index in [0.717, 1.165) is 27.9 Å². The molecule has 196 valence electrons. The fraction of sp³-hybridized carbons (Fsp3) is 0.250. The molecule has 0 bridgehead atoms. The maximum atomic E-state index is 15.8. The first-order chi connectivity index (χ1) is 18.2. The van der Waals surface area contributed by atoms with E-state index in [0.29, 0.717) is 28.1 Å². The quantitative estimate of drug-likeness (QED) is 0.153. The predicted molar refractivity (Wildman–Crippen MR) is 142 cm³/mol. The summed E-state index contributed by atoms with van der Waals surface area (Å²) in [7, 11) is 1.54. The van der Waals surface area contributed by atoms with Crippen LogP contribution < -0.4 is 16.4 Å². The van der Waals surface area contributed by atoms with Gasteiger partial charge in [0, 0.05) is 10.9 Å². The van der Waals surface area contributed by atoms with E-state index in [1.165, 1.54) is 12.1 Å². The molecule has 0 unspecified atom stereocenters. The van der Waals surface area contributed by atoms with Gasteiger partial charge in [-0.05, 0) is 54.3 Å². The second-order valence-electron chi connectivity index (χ2n) is 8.89. The van der Waals surface area contributed by atoms with Crippen LogP contribution in [0.1, 0.15) is 40.4 Å². The highest BCUT2D eigenvalue weighted by atomic mass is 19.3. The summed E-state index contributed by atoms with van der Waals surface area (Å²) >= 11 is 0. The number of halogens is 2. The van der Waals surface area contributed by atoms with E-state index in [-0.39, 0.29) is 18.7 Å². The number of hydrazone groups is 1. The van der Waals surface area contributed by atoms with Gasteiger partial charge in [-0.3, -0.25) is 9.69 Å². The van der Waals surface area contributed by atoms with Gasteiger partial charge in [0.1, 0.15) is 5.75 Å². The van der Waals surface area contributed by atoms with Crippen LogP contribution in [-0.2, 0) is 25.4 Å². The molecule has 0 aliphatic carbocycles. The number of hydrogen-bond acceptors (Lipinski definition) is 6. The Morgan fingerprint density at radius 3 is 2.55 bits per heavy atom. The molecule has 0 spiro atoms. The Hall–Kier alpha value is -4.49. The number of fused-ring (bicyclic) bond motifs is 1. The van der Waals surface area contributed by atoms with Crippen LogP contribution >= 0.6 is 0 Å². The summed E-state index contributed by atoms with van der Waals surface area (Å²) < 4.78 is 38.4. The molecule has 8 nitrogen and oxygen atoms in total. The first kappa shape index (κ1) is 26.6. The monoisotopic (exact) mass is 517 g/mol. The zero-order chi connectivity index (χ0) is 27.4. The number of rotatable bonds is 8. The minimum atomic E-state index is -3.59. The van der Waals surface area contributed by atoms with Crippen molar-refractivity contribution in [2.75, 3.05) is 7.11 Å². The lowest BCUT2D eigenvalue weighted by Gasteiger charge is -2.26. The molecule has 1 aromatic heterocycles. The van der Waals surface area contributed by atoms with Gasteiger partial charge in [0.05, 0.1) is 43.0 Å². The Morgan fingerprint density at radius 2 is 1.92 bits per heavy atom. The number of hydrazine groups is 1. The van der Waals surface area contributed by atoms with Crippen molar-refractivity contribution < 1.29 is 13.5 Å². The van der Waals surface area contributed by atoms with E-state index in [1.54, 1.807) is 48.2 Å². The Balaban J connectivity index is 1.70. The Kier molecular flexibility index (Phi) is 7.60. The highest BCUT2D eigenvalue weighted by Gasteiger charge is 2.42. The maximum absolute atomic E-state index is 15.8. The molecule has 0 amide bonds. The number of ether oxygens (including phenoxy) is 1. The van der Waals surface area contributed by atoms with Gasteiger partial charge in [-0.15, -0.1) is 0 Å². The lowest BCUT2D eigenvalue weighted by Crippen LogP contribution is -2.46. The van der Waals surface area contributed by atoms with Crippen LogP contribution in [-0.4, -0.2) is 27.7 Å². The summed E-state index contributed by atoms with van der Waals surface area (Å²) in [6.07, 6.45) is 0.725. The standard InChI is InChI=1S/C28H29F2N7O/c1-4-20-6-5-7-21(15-31)25(20)17-37-26-14-22(10-13-24(26)18(2)35-37)28(29,30)27(34-32)36(33)16-19-8-11-23(38-3)12-9-19/h5-14H,4,16-17,32-33H2,1-3H3/b34-27-. The normalized spacial score (nSPS) is 12.0. The molecule has 1 heterocycles. The third kappa shape index (κ3) is 5.01. The first-order valence-electron chi connectivity index (χ1n) is 12.0. The third-order valence-electron chi connectivity index (χ3n) is 6.57. The fourth-order valence-electron chi connectivity index (χ4n) is 4.53. The van der Waals surface area contributed by atoms with E-state index >= 15 is 8.78 Å². The van der Waals surface area contributed by atoms with Crippen molar-refractivity contribution in [2.45, 2.75) is 39.3 Å². The molecule has 4 rings (SSSR count). The molecule has 0 saturated heterocycles. The number of nitriles is 1. The zero-order valence-corrected chi connectivity index (χ0v) is 21.4. The lowest BCUT2D eigenvalue weighted by atomic mass is 9.99. The van der Waals surface area contributed by atoms with Crippen LogP contribution in [0.3, 0.4) is 0 Å². The molecule has 0 saturated carbocycles. The number of hydrogen-bond donors (Lipinski definition) is 2. The number of methoxy groups -OCH3 is 1. The average molecular weight is 518 g/mol. The Bertz CT molecular complexity index is 1520. The van der Waals surface area contributed by atoms with Crippen molar-refractivity contribution in [1.82, 2.24) is 14.8 Å². The van der Waals surface area contributed by atoms with Crippen molar-refractivity contribution in [3.05, 3.63) is 94.2 Å². The Labute approximate surface area is 219 Å². The summed E-state index contributed by atoms with van der Waals surface area (Å²) in [4.78, 5) is 0. The Morgan fingerprint density at radius 1 is 1.18 bits per heavy atom. The molecule has 0 aliphatic heterocycles. The number of alkyl halides is 2. The predicted octanol–water partition coefficient (Wildman–Crippen LogP) is 4.58. The van der Waals surface area contributed by atoms with Crippen LogP contribution in [0.4, 0.5) is 8.78 Å². The molecule has 4 aromatic rings. The molecule has 10 heteroatoms. The van der Waals surface area contributed by atoms with Gasteiger partial charge in [0.2, 0.25) is 5.84 Å². The van der Waals surface area contributed by atoms with E-state index in [2.05, 4.69) is 16.3 Å². The fourth-order valence-corrected chi connectivity index (χ4v) is 4.53. The number of nitrogens with zero attached hydrogens (tertiary/aromatic N) is 5. The summed E-state index contributed by atoms with van der Waals surface area (Å²) in [6, 6.07) is 19.0. The van der Waals surface area contributed by atoms with Crippen molar-refractivity contribution in [3.8, 4) is 11.8 Å². The van der Waals surface area contributed by atoms with Gasteiger partial charge < -0.3 is 10.6 Å².